The second-order valence-electron chi connectivity index (χ2n) is 2.86. The first-order valence-corrected chi connectivity index (χ1v) is 4.05. The first kappa shape index (κ1) is 10.8. The Balaban J connectivity index is 2.58. The molecule has 0 aliphatic rings. The summed E-state index contributed by atoms with van der Waals surface area (Å²) < 4.78 is 25.2. The zero-order chi connectivity index (χ0) is 10.6. The molecular formula is C8H11F2N3O. The van der Waals surface area contributed by atoms with Crippen LogP contribution in [-0.4, -0.2) is 34.1 Å². The molecular weight excluding hydrogens is 192 g/mol. The van der Waals surface area contributed by atoms with Crippen molar-refractivity contribution in [3.05, 3.63) is 18.1 Å². The third-order valence-corrected chi connectivity index (χ3v) is 1.63. The number of nitrogens with zero attached hydrogens (tertiary/aromatic N) is 2. The van der Waals surface area contributed by atoms with Crippen molar-refractivity contribution >= 4 is 5.82 Å². The maximum atomic E-state index is 12.6. The van der Waals surface area contributed by atoms with Crippen molar-refractivity contribution in [2.24, 2.45) is 0 Å². The molecule has 0 atom stereocenters. The highest BCUT2D eigenvalue weighted by Crippen LogP contribution is 2.14. The number of hydrogen-bond donors (Lipinski definition) is 2. The van der Waals surface area contributed by atoms with E-state index in [0.717, 1.165) is 0 Å². The van der Waals surface area contributed by atoms with Crippen LogP contribution < -0.4 is 5.32 Å². The van der Waals surface area contributed by atoms with E-state index in [2.05, 4.69) is 15.3 Å². The largest absolute Gasteiger partial charge is 0.390 e. The summed E-state index contributed by atoms with van der Waals surface area (Å²) in [7, 11) is 0. The van der Waals surface area contributed by atoms with Crippen LogP contribution in [0, 0.1) is 6.92 Å². The van der Waals surface area contributed by atoms with Crippen LogP contribution >= 0.6 is 0 Å². The topological polar surface area (TPSA) is 58.0 Å². The van der Waals surface area contributed by atoms with E-state index in [9.17, 15) is 8.78 Å². The second kappa shape index (κ2) is 4.28. The van der Waals surface area contributed by atoms with E-state index >= 15 is 0 Å². The first-order valence-electron chi connectivity index (χ1n) is 4.05. The van der Waals surface area contributed by atoms with E-state index in [0.29, 0.717) is 11.5 Å². The Kier molecular flexibility index (Phi) is 3.29. The van der Waals surface area contributed by atoms with Gasteiger partial charge in [-0.1, -0.05) is 0 Å². The number of alkyl halides is 2. The maximum Gasteiger partial charge on any atom is 0.287 e. The van der Waals surface area contributed by atoms with Gasteiger partial charge in [-0.05, 0) is 6.92 Å². The van der Waals surface area contributed by atoms with E-state index in [-0.39, 0.29) is 0 Å². The molecule has 0 amide bonds. The van der Waals surface area contributed by atoms with Gasteiger partial charge < -0.3 is 10.4 Å². The number of aliphatic hydroxyl groups excluding tert-OH is 1. The van der Waals surface area contributed by atoms with Gasteiger partial charge in [0.05, 0.1) is 12.2 Å². The van der Waals surface area contributed by atoms with Gasteiger partial charge in [0.15, 0.2) is 0 Å². The quantitative estimate of drug-likeness (QED) is 0.760. The van der Waals surface area contributed by atoms with Crippen molar-refractivity contribution in [3.8, 4) is 0 Å². The van der Waals surface area contributed by atoms with Crippen LogP contribution in [0.25, 0.3) is 0 Å². The van der Waals surface area contributed by atoms with Crippen molar-refractivity contribution < 1.29 is 13.9 Å². The minimum atomic E-state index is -3.13. The fourth-order valence-electron chi connectivity index (χ4n) is 0.850. The number of nitrogens with one attached hydrogen (secondary N) is 1. The molecule has 0 radical (unpaired) electrons. The Bertz CT molecular complexity index is 306. The Morgan fingerprint density at radius 1 is 1.43 bits per heavy atom. The first-order chi connectivity index (χ1) is 6.55. The molecule has 2 N–H and O–H groups in total. The summed E-state index contributed by atoms with van der Waals surface area (Å²) in [4.78, 5) is 7.70. The van der Waals surface area contributed by atoms with Gasteiger partial charge in [-0.25, -0.2) is 13.8 Å². The fourth-order valence-corrected chi connectivity index (χ4v) is 0.850. The van der Waals surface area contributed by atoms with E-state index < -0.39 is 19.1 Å². The van der Waals surface area contributed by atoms with Crippen molar-refractivity contribution in [3.63, 3.8) is 0 Å². The molecule has 0 saturated heterocycles. The average molecular weight is 203 g/mol. The highest BCUT2D eigenvalue weighted by Gasteiger charge is 2.27. The van der Waals surface area contributed by atoms with Gasteiger partial charge in [0, 0.05) is 12.4 Å². The molecule has 14 heavy (non-hydrogen) atoms. The monoisotopic (exact) mass is 203 g/mol. The second-order valence-corrected chi connectivity index (χ2v) is 2.86. The molecule has 1 aromatic rings. The number of aliphatic hydroxyl groups is 1. The SMILES string of the molecule is Cc1nccnc1NCC(F)(F)CO. The van der Waals surface area contributed by atoms with Gasteiger partial charge >= 0.3 is 0 Å². The standard InChI is InChI=1S/C8H11F2N3O/c1-6-7(12-3-2-11-6)13-4-8(9,10)5-14/h2-3,14H,4-5H2,1H3,(H,12,13). The van der Waals surface area contributed by atoms with Crippen molar-refractivity contribution in [2.75, 3.05) is 18.5 Å². The molecule has 78 valence electrons. The zero-order valence-corrected chi connectivity index (χ0v) is 7.67. The lowest BCUT2D eigenvalue weighted by atomic mass is 10.3. The van der Waals surface area contributed by atoms with Gasteiger partial charge in [-0.3, -0.25) is 4.98 Å². The number of aryl methyl sites for hydroxylation is 1. The molecule has 1 rings (SSSR count). The molecule has 6 heteroatoms. The van der Waals surface area contributed by atoms with E-state index in [1.807, 2.05) is 0 Å². The third-order valence-electron chi connectivity index (χ3n) is 1.63. The molecule has 1 heterocycles. The van der Waals surface area contributed by atoms with E-state index in [4.69, 9.17) is 5.11 Å². The molecule has 0 aliphatic carbocycles. The van der Waals surface area contributed by atoms with Crippen LogP contribution in [0.1, 0.15) is 5.69 Å². The molecule has 0 spiro atoms. The highest BCUT2D eigenvalue weighted by atomic mass is 19.3. The van der Waals surface area contributed by atoms with Crippen molar-refractivity contribution in [1.82, 2.24) is 9.97 Å². The van der Waals surface area contributed by atoms with Gasteiger partial charge in [-0.2, -0.15) is 0 Å². The Labute approximate surface area is 80.0 Å². The van der Waals surface area contributed by atoms with Gasteiger partial charge in [0.1, 0.15) is 12.4 Å². The van der Waals surface area contributed by atoms with Gasteiger partial charge in [0.25, 0.3) is 5.92 Å². The van der Waals surface area contributed by atoms with Crippen LogP contribution in [0.3, 0.4) is 0 Å². The smallest absolute Gasteiger partial charge is 0.287 e. The number of rotatable bonds is 4. The summed E-state index contributed by atoms with van der Waals surface area (Å²) in [5.74, 6) is -2.83. The summed E-state index contributed by atoms with van der Waals surface area (Å²) >= 11 is 0. The van der Waals surface area contributed by atoms with Crippen LogP contribution in [0.15, 0.2) is 12.4 Å². The fraction of sp³-hybridized carbons (Fsp3) is 0.500. The molecule has 4 nitrogen and oxygen atoms in total. The molecule has 0 bridgehead atoms. The van der Waals surface area contributed by atoms with Crippen LogP contribution in [-0.2, 0) is 0 Å². The lowest BCUT2D eigenvalue weighted by molar-refractivity contribution is -0.0373. The Morgan fingerprint density at radius 3 is 2.64 bits per heavy atom. The average Bonchev–Trinajstić information content (AvgIpc) is 2.17. The predicted octanol–water partition coefficient (Wildman–Crippen LogP) is 0.825. The molecule has 0 unspecified atom stereocenters. The maximum absolute atomic E-state index is 12.6. The van der Waals surface area contributed by atoms with E-state index in [1.54, 1.807) is 6.92 Å². The lowest BCUT2D eigenvalue weighted by Crippen LogP contribution is -2.31. The summed E-state index contributed by atoms with van der Waals surface area (Å²) in [5, 5.41) is 10.7. The minimum Gasteiger partial charge on any atom is -0.390 e. The Morgan fingerprint density at radius 2 is 2.07 bits per heavy atom. The van der Waals surface area contributed by atoms with Crippen LogP contribution in [0.4, 0.5) is 14.6 Å². The highest BCUT2D eigenvalue weighted by molar-refractivity contribution is 5.38. The summed E-state index contributed by atoms with van der Waals surface area (Å²) in [6, 6.07) is 0. The van der Waals surface area contributed by atoms with Gasteiger partial charge in [-0.15, -0.1) is 0 Å². The normalized spacial score (nSPS) is 11.4. The minimum absolute atomic E-state index is 0.306. The molecule has 0 fully saturated rings. The number of halogens is 2. The Hall–Kier alpha value is -1.30. The molecule has 0 aromatic carbocycles. The van der Waals surface area contributed by atoms with E-state index in [1.165, 1.54) is 12.4 Å². The number of anilines is 1. The van der Waals surface area contributed by atoms with Gasteiger partial charge in [0.2, 0.25) is 0 Å². The third kappa shape index (κ3) is 2.88. The lowest BCUT2D eigenvalue weighted by Gasteiger charge is -2.14. The van der Waals surface area contributed by atoms with Crippen LogP contribution in [0.5, 0.6) is 0 Å². The number of aromatic nitrogens is 2. The molecule has 1 aromatic heterocycles. The predicted molar refractivity (Wildman–Crippen MR) is 47.3 cm³/mol. The number of hydrogen-bond acceptors (Lipinski definition) is 4. The van der Waals surface area contributed by atoms with Crippen molar-refractivity contribution in [2.45, 2.75) is 12.8 Å². The van der Waals surface area contributed by atoms with Crippen molar-refractivity contribution in [1.29, 1.82) is 0 Å². The summed E-state index contributed by atoms with van der Waals surface area (Å²) in [5.41, 5.74) is 0.543. The summed E-state index contributed by atoms with van der Waals surface area (Å²) in [6.45, 7) is -0.172. The zero-order valence-electron chi connectivity index (χ0n) is 7.67. The van der Waals surface area contributed by atoms with Crippen LogP contribution in [0.2, 0.25) is 0 Å². The molecule has 0 saturated carbocycles. The molecule has 0 aliphatic heterocycles. The summed E-state index contributed by atoms with van der Waals surface area (Å²) in [6.07, 6.45) is 2.89.